The Bertz CT molecular complexity index is 1750. The van der Waals surface area contributed by atoms with Crippen molar-refractivity contribution in [2.45, 2.75) is 53.4 Å². The predicted octanol–water partition coefficient (Wildman–Crippen LogP) is 5.74. The topological polar surface area (TPSA) is 89.6 Å². The van der Waals surface area contributed by atoms with Gasteiger partial charge in [-0.05, 0) is 91.1 Å². The number of rotatable bonds is 4. The summed E-state index contributed by atoms with van der Waals surface area (Å²) in [4.78, 5) is 24.3. The van der Waals surface area contributed by atoms with Gasteiger partial charge in [0.25, 0.3) is 0 Å². The van der Waals surface area contributed by atoms with Crippen LogP contribution in [0.15, 0.2) is 58.0 Å². The molecule has 0 atom stereocenters. The zero-order valence-corrected chi connectivity index (χ0v) is 21.6. The first-order chi connectivity index (χ1) is 18.0. The molecule has 0 radical (unpaired) electrons. The molecule has 5 aromatic rings. The van der Waals surface area contributed by atoms with Crippen molar-refractivity contribution in [3.05, 3.63) is 104 Å². The number of hydrogen-bond donors (Lipinski definition) is 1. The van der Waals surface area contributed by atoms with Crippen LogP contribution < -0.4 is 5.76 Å². The molecule has 1 aliphatic rings. The van der Waals surface area contributed by atoms with Crippen molar-refractivity contribution < 1.29 is 4.52 Å². The molecule has 0 fully saturated rings. The fourth-order valence-corrected chi connectivity index (χ4v) is 5.63. The van der Waals surface area contributed by atoms with Crippen LogP contribution in [0.4, 0.5) is 0 Å². The van der Waals surface area contributed by atoms with E-state index in [1.807, 2.05) is 19.2 Å². The lowest BCUT2D eigenvalue weighted by molar-refractivity contribution is 0.385. The van der Waals surface area contributed by atoms with Crippen LogP contribution in [-0.2, 0) is 19.3 Å². The first-order valence-corrected chi connectivity index (χ1v) is 12.8. The molecule has 1 N–H and O–H groups in total. The molecule has 0 bridgehead atoms. The van der Waals surface area contributed by atoms with E-state index in [2.05, 4.69) is 71.9 Å². The Balaban J connectivity index is 1.63. The van der Waals surface area contributed by atoms with Gasteiger partial charge in [0.2, 0.25) is 0 Å². The number of fused-ring (bicyclic) bond motifs is 3. The molecule has 7 nitrogen and oxygen atoms in total. The smallest absolute Gasteiger partial charge is 0.296 e. The van der Waals surface area contributed by atoms with Crippen LogP contribution in [0.2, 0.25) is 0 Å². The second-order valence-corrected chi connectivity index (χ2v) is 9.75. The second-order valence-electron chi connectivity index (χ2n) is 9.75. The largest absolute Gasteiger partial charge is 0.439 e. The first kappa shape index (κ1) is 23.2. The van der Waals surface area contributed by atoms with Crippen molar-refractivity contribution in [2.75, 3.05) is 0 Å². The van der Waals surface area contributed by atoms with Gasteiger partial charge in [0.15, 0.2) is 11.5 Å². The molecule has 0 spiro atoms. The quantitative estimate of drug-likeness (QED) is 0.346. The van der Waals surface area contributed by atoms with Gasteiger partial charge in [0.1, 0.15) is 11.3 Å². The number of aryl methyl sites for hydroxylation is 3. The van der Waals surface area contributed by atoms with Crippen molar-refractivity contribution in [1.29, 1.82) is 0 Å². The lowest BCUT2D eigenvalue weighted by Crippen LogP contribution is -2.08. The number of imidazole rings is 1. The number of pyridine rings is 1. The molecule has 7 heteroatoms. The maximum absolute atomic E-state index is 11.8. The van der Waals surface area contributed by atoms with E-state index in [1.165, 1.54) is 16.7 Å². The molecule has 0 saturated carbocycles. The minimum atomic E-state index is -0.554. The van der Waals surface area contributed by atoms with Crippen LogP contribution in [0, 0.1) is 13.8 Å². The molecule has 0 aliphatic heterocycles. The van der Waals surface area contributed by atoms with Gasteiger partial charge >= 0.3 is 5.76 Å². The number of aromatic nitrogens is 5. The third-order valence-corrected chi connectivity index (χ3v) is 7.47. The first-order valence-electron chi connectivity index (χ1n) is 12.8. The third-order valence-electron chi connectivity index (χ3n) is 7.47. The van der Waals surface area contributed by atoms with Crippen molar-refractivity contribution in [3.8, 4) is 5.69 Å². The molecule has 2 aromatic carbocycles. The highest BCUT2D eigenvalue weighted by Crippen LogP contribution is 2.40. The Morgan fingerprint density at radius 2 is 1.92 bits per heavy atom. The van der Waals surface area contributed by atoms with Crippen LogP contribution in [0.1, 0.15) is 65.3 Å². The van der Waals surface area contributed by atoms with Gasteiger partial charge in [-0.1, -0.05) is 42.4 Å². The fraction of sp³-hybridized carbons (Fsp3) is 0.267. The van der Waals surface area contributed by atoms with Crippen LogP contribution in [0.25, 0.3) is 28.0 Å². The van der Waals surface area contributed by atoms with Gasteiger partial charge < -0.3 is 0 Å². The van der Waals surface area contributed by atoms with E-state index in [0.29, 0.717) is 5.82 Å². The van der Waals surface area contributed by atoms with Crippen LogP contribution in [0.5, 0.6) is 0 Å². The molecule has 0 amide bonds. The Morgan fingerprint density at radius 1 is 1.08 bits per heavy atom. The third kappa shape index (κ3) is 3.73. The van der Waals surface area contributed by atoms with E-state index in [9.17, 15) is 4.79 Å². The average molecular weight is 492 g/mol. The Labute approximate surface area is 214 Å². The molecule has 0 unspecified atom stereocenters. The van der Waals surface area contributed by atoms with E-state index in [4.69, 9.17) is 14.5 Å². The highest BCUT2D eigenvalue weighted by Gasteiger charge is 2.25. The van der Waals surface area contributed by atoms with Crippen molar-refractivity contribution in [3.63, 3.8) is 0 Å². The molecule has 3 heterocycles. The van der Waals surface area contributed by atoms with Crippen LogP contribution in [-0.4, -0.2) is 24.7 Å². The molecular formula is C30H29N5O2. The standard InChI is InChI=1S/C30H29N5O2/c1-5-8-25-32-27-17(2)15-16-31-29(27)35(25)24-14-13-23-21(18(24)3)12-11-20-9-6-7-10-22(20)26(23)19(4)28-33-30(36)37-34-28/h6-7,9-10,13-16H,5,8,11-12H2,1-4H3,(H,33,34,36)/b26-19+. The summed E-state index contributed by atoms with van der Waals surface area (Å²) in [6.45, 7) is 8.46. The maximum Gasteiger partial charge on any atom is 0.439 e. The van der Waals surface area contributed by atoms with E-state index in [1.54, 1.807) is 0 Å². The van der Waals surface area contributed by atoms with Crippen molar-refractivity contribution in [1.82, 2.24) is 24.7 Å². The number of benzene rings is 2. The predicted molar refractivity (Wildman–Crippen MR) is 145 cm³/mol. The number of hydrogen-bond acceptors (Lipinski definition) is 5. The summed E-state index contributed by atoms with van der Waals surface area (Å²) >= 11 is 0. The number of H-pyrrole nitrogens is 1. The Morgan fingerprint density at radius 3 is 2.70 bits per heavy atom. The van der Waals surface area contributed by atoms with Crippen LogP contribution in [0.3, 0.4) is 0 Å². The molecule has 37 heavy (non-hydrogen) atoms. The zero-order chi connectivity index (χ0) is 25.7. The number of nitrogens with zero attached hydrogens (tertiary/aromatic N) is 4. The monoisotopic (exact) mass is 491 g/mol. The highest BCUT2D eigenvalue weighted by molar-refractivity contribution is 5.99. The van der Waals surface area contributed by atoms with E-state index >= 15 is 0 Å². The Kier molecular flexibility index (Phi) is 5.63. The summed E-state index contributed by atoms with van der Waals surface area (Å²) in [5.74, 6) is 0.933. The summed E-state index contributed by atoms with van der Waals surface area (Å²) in [6.07, 6.45) is 5.57. The lowest BCUT2D eigenvalue weighted by Gasteiger charge is -2.19. The molecule has 0 saturated heterocycles. The van der Waals surface area contributed by atoms with E-state index in [0.717, 1.165) is 76.2 Å². The maximum atomic E-state index is 11.8. The fourth-order valence-electron chi connectivity index (χ4n) is 5.63. The highest BCUT2D eigenvalue weighted by atomic mass is 16.5. The summed E-state index contributed by atoms with van der Waals surface area (Å²) in [5, 5.41) is 4.00. The summed E-state index contributed by atoms with van der Waals surface area (Å²) in [7, 11) is 0. The minimum Gasteiger partial charge on any atom is -0.296 e. The zero-order valence-electron chi connectivity index (χ0n) is 21.6. The number of aromatic amines is 1. The Hall–Kier alpha value is -4.26. The molecule has 6 rings (SSSR count). The molecule has 186 valence electrons. The minimum absolute atomic E-state index is 0.454. The summed E-state index contributed by atoms with van der Waals surface area (Å²) < 4.78 is 7.09. The van der Waals surface area contributed by atoms with Crippen LogP contribution >= 0.6 is 0 Å². The average Bonchev–Trinajstić information content (AvgIpc) is 3.44. The van der Waals surface area contributed by atoms with Gasteiger partial charge in [-0.15, -0.1) is 0 Å². The van der Waals surface area contributed by atoms with Crippen molar-refractivity contribution in [2.24, 2.45) is 0 Å². The normalized spacial score (nSPS) is 14.4. The van der Waals surface area contributed by atoms with Gasteiger partial charge in [-0.2, -0.15) is 0 Å². The van der Waals surface area contributed by atoms with Crippen molar-refractivity contribution >= 4 is 22.3 Å². The SMILES string of the molecule is CCCc1nc2c(C)ccnc2n1-c1ccc2c(c1C)CCc1ccccc1/C2=C(/C)c1noc(=O)[nH]1. The molecular weight excluding hydrogens is 462 g/mol. The van der Waals surface area contributed by atoms with E-state index < -0.39 is 5.76 Å². The van der Waals surface area contributed by atoms with E-state index in [-0.39, 0.29) is 0 Å². The summed E-state index contributed by atoms with van der Waals surface area (Å²) in [6, 6.07) is 14.9. The number of allylic oxidation sites excluding steroid dienone is 1. The summed E-state index contributed by atoms with van der Waals surface area (Å²) in [5.41, 5.74) is 12.1. The van der Waals surface area contributed by atoms with Gasteiger partial charge in [0.05, 0.1) is 5.69 Å². The van der Waals surface area contributed by atoms with Gasteiger partial charge in [-0.3, -0.25) is 14.1 Å². The molecule has 3 aromatic heterocycles. The van der Waals surface area contributed by atoms with Gasteiger partial charge in [-0.25, -0.2) is 14.8 Å². The second kappa shape index (κ2) is 9.00. The van der Waals surface area contributed by atoms with Gasteiger partial charge in [0, 0.05) is 18.2 Å². The lowest BCUT2D eigenvalue weighted by atomic mass is 9.88. The molecule has 1 aliphatic carbocycles. The number of nitrogens with one attached hydrogen (secondary N) is 1.